The highest BCUT2D eigenvalue weighted by atomic mass is 16.7. The number of hydrogen-bond donors (Lipinski definition) is 3. The highest BCUT2D eigenvalue weighted by Gasteiger charge is 2.19. The van der Waals surface area contributed by atoms with Gasteiger partial charge in [-0.05, 0) is 42.0 Å². The van der Waals surface area contributed by atoms with Crippen molar-refractivity contribution in [2.24, 2.45) is 0 Å². The fraction of sp³-hybridized carbons (Fsp3) is 0.217. The van der Waals surface area contributed by atoms with Crippen molar-refractivity contribution in [3.05, 3.63) is 48.5 Å². The molecule has 160 valence electrons. The van der Waals surface area contributed by atoms with Gasteiger partial charge in [-0.25, -0.2) is 4.98 Å². The molecule has 8 heteroatoms. The van der Waals surface area contributed by atoms with Crippen molar-refractivity contribution in [2.75, 3.05) is 32.3 Å². The molecule has 1 aliphatic heterocycles. The monoisotopic (exact) mass is 421 g/mol. The number of para-hydroxylation sites is 1. The number of carbonyl (C=O) groups excluding carboxylic acids is 1. The van der Waals surface area contributed by atoms with E-state index in [0.717, 1.165) is 16.7 Å². The van der Waals surface area contributed by atoms with Gasteiger partial charge in [-0.15, -0.1) is 0 Å². The number of nitrogens with one attached hydrogen (secondary N) is 2. The predicted octanol–water partition coefficient (Wildman–Crippen LogP) is 3.41. The zero-order valence-electron chi connectivity index (χ0n) is 17.3. The summed E-state index contributed by atoms with van der Waals surface area (Å²) < 4.78 is 16.4. The second-order valence-corrected chi connectivity index (χ2v) is 6.96. The van der Waals surface area contributed by atoms with Gasteiger partial charge in [0.25, 0.3) is 0 Å². The third-order valence-electron chi connectivity index (χ3n) is 4.81. The molecule has 0 saturated carbocycles. The lowest BCUT2D eigenvalue weighted by molar-refractivity contribution is -0.118. The number of benzene rings is 2. The molecule has 31 heavy (non-hydrogen) atoms. The number of fused-ring (bicyclic) bond motifs is 1. The van der Waals surface area contributed by atoms with Gasteiger partial charge < -0.3 is 30.0 Å². The van der Waals surface area contributed by atoms with Crippen molar-refractivity contribution in [3.63, 3.8) is 0 Å². The number of carbonyl (C=O) groups is 1. The van der Waals surface area contributed by atoms with Crippen molar-refractivity contribution >= 4 is 11.7 Å². The van der Waals surface area contributed by atoms with Crippen molar-refractivity contribution < 1.29 is 24.1 Å². The highest BCUT2D eigenvalue weighted by molar-refractivity contribution is 5.80. The average molecular weight is 421 g/mol. The summed E-state index contributed by atoms with van der Waals surface area (Å²) in [4.78, 5) is 15.8. The van der Waals surface area contributed by atoms with Crippen LogP contribution in [0.1, 0.15) is 6.92 Å². The topological polar surface area (TPSA) is 102 Å². The zero-order chi connectivity index (χ0) is 21.8. The first-order chi connectivity index (χ1) is 15.0. The molecule has 2 heterocycles. The number of anilines is 1. The molecule has 3 aromatic rings. The molecule has 1 amide bonds. The molecule has 0 fully saturated rings. The van der Waals surface area contributed by atoms with E-state index in [1.165, 1.54) is 14.0 Å². The Balaban J connectivity index is 1.74. The van der Waals surface area contributed by atoms with E-state index >= 15 is 0 Å². The summed E-state index contributed by atoms with van der Waals surface area (Å²) in [5.41, 5.74) is 3.25. The summed E-state index contributed by atoms with van der Waals surface area (Å²) in [6.07, 6.45) is 0. The lowest BCUT2D eigenvalue weighted by Crippen LogP contribution is -2.26. The molecule has 4 rings (SSSR count). The zero-order valence-corrected chi connectivity index (χ0v) is 17.3. The Morgan fingerprint density at radius 2 is 2.00 bits per heavy atom. The van der Waals surface area contributed by atoms with Crippen LogP contribution in [0.4, 0.5) is 5.82 Å². The molecule has 0 atom stereocenters. The lowest BCUT2D eigenvalue weighted by atomic mass is 10.0. The maximum Gasteiger partial charge on any atom is 0.231 e. The maximum absolute atomic E-state index is 11.1. The number of phenols is 1. The second-order valence-electron chi connectivity index (χ2n) is 6.96. The minimum atomic E-state index is -0.0858. The molecule has 0 saturated heterocycles. The summed E-state index contributed by atoms with van der Waals surface area (Å²) in [7, 11) is 1.50. The fourth-order valence-corrected chi connectivity index (χ4v) is 3.35. The molecule has 0 aliphatic carbocycles. The van der Waals surface area contributed by atoms with Crippen molar-refractivity contribution in [1.29, 1.82) is 0 Å². The number of aromatic nitrogens is 1. The molecule has 0 bridgehead atoms. The van der Waals surface area contributed by atoms with Gasteiger partial charge in [0.2, 0.25) is 12.7 Å². The SMILES string of the molecule is COc1cc(-c2cc(-c3cccc4c3OCO4)cc(NCCNC(C)=O)n2)ccc1O. The van der Waals surface area contributed by atoms with Gasteiger partial charge in [-0.3, -0.25) is 4.79 Å². The number of methoxy groups -OCH3 is 1. The van der Waals surface area contributed by atoms with E-state index in [2.05, 4.69) is 10.6 Å². The summed E-state index contributed by atoms with van der Waals surface area (Å²) in [5.74, 6) is 2.36. The largest absolute Gasteiger partial charge is 0.504 e. The van der Waals surface area contributed by atoms with Crippen molar-refractivity contribution in [2.45, 2.75) is 6.92 Å². The van der Waals surface area contributed by atoms with Crippen LogP contribution in [0.2, 0.25) is 0 Å². The molecule has 0 radical (unpaired) electrons. The molecule has 1 aliphatic rings. The molecular formula is C23H23N3O5. The number of nitrogens with zero attached hydrogens (tertiary/aromatic N) is 1. The van der Waals surface area contributed by atoms with E-state index in [0.29, 0.717) is 41.8 Å². The van der Waals surface area contributed by atoms with E-state index in [4.69, 9.17) is 19.2 Å². The smallest absolute Gasteiger partial charge is 0.231 e. The minimum Gasteiger partial charge on any atom is -0.504 e. The Labute approximate surface area is 179 Å². The van der Waals surface area contributed by atoms with E-state index in [1.54, 1.807) is 18.2 Å². The third kappa shape index (κ3) is 4.48. The summed E-state index contributed by atoms with van der Waals surface area (Å²) in [6.45, 7) is 2.65. The van der Waals surface area contributed by atoms with Crippen molar-refractivity contribution in [1.82, 2.24) is 10.3 Å². The number of rotatable bonds is 7. The van der Waals surface area contributed by atoms with E-state index in [-0.39, 0.29) is 18.4 Å². The van der Waals surface area contributed by atoms with Crippen LogP contribution in [0.15, 0.2) is 48.5 Å². The predicted molar refractivity (Wildman–Crippen MR) is 117 cm³/mol. The first kappa shape index (κ1) is 20.3. The number of amides is 1. The maximum atomic E-state index is 11.1. The number of hydrogen-bond acceptors (Lipinski definition) is 7. The van der Waals surface area contributed by atoms with Crippen LogP contribution in [-0.2, 0) is 4.79 Å². The first-order valence-corrected chi connectivity index (χ1v) is 9.82. The lowest BCUT2D eigenvalue weighted by Gasteiger charge is -2.13. The van der Waals surface area contributed by atoms with E-state index in [9.17, 15) is 9.90 Å². The normalized spacial score (nSPS) is 11.8. The van der Waals surface area contributed by atoms with Crippen LogP contribution in [0.25, 0.3) is 22.4 Å². The third-order valence-corrected chi connectivity index (χ3v) is 4.81. The standard InChI is InChI=1S/C23H23N3O5/c1-14(27)24-8-9-25-22-12-16(17-4-3-5-20-23(17)31-13-30-20)10-18(26-22)15-6-7-19(28)21(11-15)29-2/h3-7,10-12,28H,8-9,13H2,1-2H3,(H,24,27)(H,25,26). The quantitative estimate of drug-likeness (QED) is 0.503. The highest BCUT2D eigenvalue weighted by Crippen LogP contribution is 2.42. The Morgan fingerprint density at radius 3 is 2.81 bits per heavy atom. The summed E-state index contributed by atoms with van der Waals surface area (Å²) in [6, 6.07) is 14.7. The molecule has 2 aromatic carbocycles. The van der Waals surface area contributed by atoms with Crippen LogP contribution in [-0.4, -0.2) is 43.0 Å². The van der Waals surface area contributed by atoms with Gasteiger partial charge >= 0.3 is 0 Å². The number of phenolic OH excluding ortho intramolecular Hbond substituents is 1. The second kappa shape index (κ2) is 8.83. The molecule has 0 spiro atoms. The fourth-order valence-electron chi connectivity index (χ4n) is 3.35. The van der Waals surface area contributed by atoms with Gasteiger partial charge in [0.05, 0.1) is 12.8 Å². The average Bonchev–Trinajstić information content (AvgIpc) is 3.26. The van der Waals surface area contributed by atoms with Crippen LogP contribution >= 0.6 is 0 Å². The molecule has 1 aromatic heterocycles. The van der Waals surface area contributed by atoms with Crippen LogP contribution < -0.4 is 24.8 Å². The van der Waals surface area contributed by atoms with Crippen LogP contribution in [0, 0.1) is 0 Å². The summed E-state index contributed by atoms with van der Waals surface area (Å²) in [5, 5.41) is 15.9. The van der Waals surface area contributed by atoms with Gasteiger partial charge in [-0.2, -0.15) is 0 Å². The Kier molecular flexibility index (Phi) is 5.79. The van der Waals surface area contributed by atoms with E-state index < -0.39 is 0 Å². The molecule has 3 N–H and O–H groups in total. The Hall–Kier alpha value is -3.94. The Bertz CT molecular complexity index is 1120. The van der Waals surface area contributed by atoms with Gasteiger partial charge in [0, 0.05) is 31.1 Å². The van der Waals surface area contributed by atoms with Gasteiger partial charge in [0.1, 0.15) is 5.82 Å². The van der Waals surface area contributed by atoms with Gasteiger partial charge in [0.15, 0.2) is 23.0 Å². The number of pyridine rings is 1. The van der Waals surface area contributed by atoms with E-state index in [1.807, 2.05) is 30.3 Å². The summed E-state index contributed by atoms with van der Waals surface area (Å²) >= 11 is 0. The number of aromatic hydroxyl groups is 1. The first-order valence-electron chi connectivity index (χ1n) is 9.82. The molecule has 8 nitrogen and oxygen atoms in total. The van der Waals surface area contributed by atoms with Gasteiger partial charge in [-0.1, -0.05) is 12.1 Å². The minimum absolute atomic E-state index is 0.0579. The molecule has 0 unspecified atom stereocenters. The van der Waals surface area contributed by atoms with Crippen LogP contribution in [0.5, 0.6) is 23.0 Å². The van der Waals surface area contributed by atoms with Crippen molar-refractivity contribution in [3.8, 4) is 45.4 Å². The molecular weight excluding hydrogens is 398 g/mol. The number of ether oxygens (including phenoxy) is 3. The van der Waals surface area contributed by atoms with Crippen LogP contribution in [0.3, 0.4) is 0 Å². The Morgan fingerprint density at radius 1 is 1.13 bits per heavy atom.